The zero-order chi connectivity index (χ0) is 45.0. The average molecular weight is 854 g/mol. The topological polar surface area (TPSA) is 226 Å². The van der Waals surface area contributed by atoms with Crippen molar-refractivity contribution in [2.45, 2.75) is 115 Å². The first-order valence-corrected chi connectivity index (χ1v) is 21.3. The molecule has 0 aliphatic heterocycles. The van der Waals surface area contributed by atoms with Crippen LogP contribution in [0.5, 0.6) is 0 Å². The highest BCUT2D eigenvalue weighted by Crippen LogP contribution is 2.28. The zero-order valence-corrected chi connectivity index (χ0v) is 35.6. The number of Topliss-reactive ketones (excluding diaryl/α,β-unsaturated/α-hetero) is 1. The van der Waals surface area contributed by atoms with Gasteiger partial charge in [0.2, 0.25) is 29.4 Å². The standard InChI is InChI=1S/C47H59N5O10/c1-4-17-36(42(55)45(58)48-28-39(54)52-41(34-24-15-8-16-25-34)47(61)62-29-31-18-9-5-10-19-31)49-43(56)37(26-30(2)3)50-44(57)40(33-22-13-7-14-23-33)51-38(53)27-35(46(59)60)32-20-11-6-12-21-32/h5-6,8-12,15-16,18-21,24-25,30,33,35-37,40-41H,4,7,13-14,17,22-23,26-29H2,1-3H3,(H,48,58)(H,49,56)(H,50,57)(H,51,53)(H,52,54)(H,59,60)/t35?,36?,37-,40-,41?/m0/s1. The lowest BCUT2D eigenvalue weighted by Gasteiger charge is -2.32. The van der Waals surface area contributed by atoms with E-state index < -0.39 is 90.3 Å². The minimum Gasteiger partial charge on any atom is -0.481 e. The van der Waals surface area contributed by atoms with Gasteiger partial charge in [-0.3, -0.25) is 33.6 Å². The number of ether oxygens (including phenoxy) is 1. The maximum atomic E-state index is 14.1. The third-order valence-electron chi connectivity index (χ3n) is 10.7. The van der Waals surface area contributed by atoms with Gasteiger partial charge in [0, 0.05) is 6.42 Å². The molecule has 0 saturated heterocycles. The SMILES string of the molecule is CCCC(NC(=O)[C@H](CC(C)C)NC(=O)[C@@H](NC(=O)CC(C(=O)O)c1ccccc1)C1CCCCC1)C(=O)C(=O)NCC(=O)NC(C(=O)OCc1ccccc1)c1ccccc1. The highest BCUT2D eigenvalue weighted by Gasteiger charge is 2.36. The van der Waals surface area contributed by atoms with Crippen LogP contribution in [0.25, 0.3) is 0 Å². The summed E-state index contributed by atoms with van der Waals surface area (Å²) in [5.41, 5.74) is 1.64. The smallest absolute Gasteiger partial charge is 0.333 e. The predicted octanol–water partition coefficient (Wildman–Crippen LogP) is 4.41. The molecule has 0 heterocycles. The minimum atomic E-state index is -1.30. The molecule has 1 fully saturated rings. The van der Waals surface area contributed by atoms with Gasteiger partial charge < -0.3 is 36.4 Å². The van der Waals surface area contributed by atoms with Crippen molar-refractivity contribution in [3.8, 4) is 0 Å². The number of carbonyl (C=O) groups is 8. The molecule has 15 nitrogen and oxygen atoms in total. The van der Waals surface area contributed by atoms with Crippen LogP contribution >= 0.6 is 0 Å². The summed E-state index contributed by atoms with van der Waals surface area (Å²) in [4.78, 5) is 106. The van der Waals surface area contributed by atoms with Gasteiger partial charge in [0.05, 0.1) is 18.5 Å². The van der Waals surface area contributed by atoms with Gasteiger partial charge in [-0.25, -0.2) is 4.79 Å². The van der Waals surface area contributed by atoms with Crippen LogP contribution in [0.4, 0.5) is 0 Å². The molecule has 0 aromatic heterocycles. The van der Waals surface area contributed by atoms with Gasteiger partial charge >= 0.3 is 11.9 Å². The summed E-state index contributed by atoms with van der Waals surface area (Å²) in [6.07, 6.45) is 4.16. The Bertz CT molecular complexity index is 1970. The highest BCUT2D eigenvalue weighted by atomic mass is 16.5. The molecule has 5 atom stereocenters. The Morgan fingerprint density at radius 2 is 1.27 bits per heavy atom. The highest BCUT2D eigenvalue weighted by molar-refractivity contribution is 6.38. The number of hydrogen-bond acceptors (Lipinski definition) is 9. The number of carbonyl (C=O) groups excluding carboxylic acids is 7. The molecule has 3 aromatic rings. The van der Waals surface area contributed by atoms with E-state index in [9.17, 15) is 43.5 Å². The third kappa shape index (κ3) is 15.3. The number of ketones is 1. The first-order chi connectivity index (χ1) is 29.8. The van der Waals surface area contributed by atoms with Gasteiger partial charge in [0.1, 0.15) is 18.7 Å². The molecular formula is C47H59N5O10. The van der Waals surface area contributed by atoms with Crippen molar-refractivity contribution >= 4 is 47.3 Å². The number of benzene rings is 3. The summed E-state index contributed by atoms with van der Waals surface area (Å²) >= 11 is 0. The molecule has 1 aliphatic carbocycles. The summed E-state index contributed by atoms with van der Waals surface area (Å²) in [6, 6.07) is 21.1. The molecule has 0 spiro atoms. The van der Waals surface area contributed by atoms with E-state index in [0.717, 1.165) is 24.8 Å². The third-order valence-corrected chi connectivity index (χ3v) is 10.7. The van der Waals surface area contributed by atoms with Gasteiger partial charge in [-0.05, 0) is 54.2 Å². The fraction of sp³-hybridized carbons (Fsp3) is 0.447. The van der Waals surface area contributed by atoms with E-state index in [1.165, 1.54) is 0 Å². The van der Waals surface area contributed by atoms with Crippen LogP contribution in [-0.2, 0) is 49.7 Å². The Morgan fingerprint density at radius 3 is 1.85 bits per heavy atom. The van der Waals surface area contributed by atoms with Crippen LogP contribution < -0.4 is 26.6 Å². The summed E-state index contributed by atoms with van der Waals surface area (Å²) in [5, 5.41) is 23.0. The molecule has 62 heavy (non-hydrogen) atoms. The van der Waals surface area contributed by atoms with Crippen LogP contribution in [0.2, 0.25) is 0 Å². The van der Waals surface area contributed by atoms with E-state index >= 15 is 0 Å². The van der Waals surface area contributed by atoms with E-state index in [2.05, 4.69) is 26.6 Å². The molecule has 332 valence electrons. The number of aliphatic carboxylic acids is 1. The van der Waals surface area contributed by atoms with Crippen LogP contribution in [0.15, 0.2) is 91.0 Å². The maximum absolute atomic E-state index is 14.1. The number of hydrogen-bond donors (Lipinski definition) is 6. The first kappa shape index (κ1) is 48.3. The van der Waals surface area contributed by atoms with E-state index in [-0.39, 0.29) is 31.3 Å². The van der Waals surface area contributed by atoms with Crippen molar-refractivity contribution in [3.63, 3.8) is 0 Å². The van der Waals surface area contributed by atoms with Crippen molar-refractivity contribution < 1.29 is 48.2 Å². The molecular weight excluding hydrogens is 795 g/mol. The number of rotatable bonds is 23. The van der Waals surface area contributed by atoms with E-state index in [1.807, 2.05) is 19.9 Å². The number of carboxylic acid groups (broad SMARTS) is 1. The number of nitrogens with one attached hydrogen (secondary N) is 5. The Morgan fingerprint density at radius 1 is 0.694 bits per heavy atom. The number of carboxylic acids is 1. The zero-order valence-electron chi connectivity index (χ0n) is 35.6. The normalized spacial score (nSPS) is 15.1. The van der Waals surface area contributed by atoms with Crippen LogP contribution in [0.3, 0.4) is 0 Å². The lowest BCUT2D eigenvalue weighted by Crippen LogP contribution is -2.58. The summed E-state index contributed by atoms with van der Waals surface area (Å²) < 4.78 is 5.47. The Balaban J connectivity index is 1.40. The monoisotopic (exact) mass is 853 g/mol. The van der Waals surface area contributed by atoms with Gasteiger partial charge in [0.15, 0.2) is 6.04 Å². The molecule has 0 bridgehead atoms. The molecule has 3 aromatic carbocycles. The number of esters is 1. The maximum Gasteiger partial charge on any atom is 0.333 e. The Labute approximate surface area is 362 Å². The van der Waals surface area contributed by atoms with Crippen LogP contribution in [-0.4, -0.2) is 77.0 Å². The summed E-state index contributed by atoms with van der Waals surface area (Å²) in [6.45, 7) is 4.77. The van der Waals surface area contributed by atoms with Crippen LogP contribution in [0, 0.1) is 11.8 Å². The average Bonchev–Trinajstić information content (AvgIpc) is 3.27. The molecule has 4 rings (SSSR count). The second-order valence-electron chi connectivity index (χ2n) is 16.0. The van der Waals surface area contributed by atoms with E-state index in [0.29, 0.717) is 30.4 Å². The minimum absolute atomic E-state index is 0.0296. The van der Waals surface area contributed by atoms with Gasteiger partial charge in [-0.2, -0.15) is 0 Å². The number of amides is 5. The lowest BCUT2D eigenvalue weighted by molar-refractivity contribution is -0.149. The fourth-order valence-corrected chi connectivity index (χ4v) is 7.46. The van der Waals surface area contributed by atoms with E-state index in [4.69, 9.17) is 4.74 Å². The fourth-order valence-electron chi connectivity index (χ4n) is 7.46. The van der Waals surface area contributed by atoms with Crippen LogP contribution in [0.1, 0.15) is 107 Å². The molecule has 1 saturated carbocycles. The molecule has 15 heteroatoms. The molecule has 1 aliphatic rings. The van der Waals surface area contributed by atoms with Gasteiger partial charge in [-0.1, -0.05) is 137 Å². The predicted molar refractivity (Wildman–Crippen MR) is 230 cm³/mol. The largest absolute Gasteiger partial charge is 0.481 e. The molecule has 0 radical (unpaired) electrons. The van der Waals surface area contributed by atoms with Crippen molar-refractivity contribution in [1.29, 1.82) is 0 Å². The second-order valence-corrected chi connectivity index (χ2v) is 16.0. The van der Waals surface area contributed by atoms with Crippen molar-refractivity contribution in [3.05, 3.63) is 108 Å². The van der Waals surface area contributed by atoms with Gasteiger partial charge in [0.25, 0.3) is 5.91 Å². The first-order valence-electron chi connectivity index (χ1n) is 21.3. The Hall–Kier alpha value is -6.38. The van der Waals surface area contributed by atoms with Gasteiger partial charge in [-0.15, -0.1) is 0 Å². The summed E-state index contributed by atoms with van der Waals surface area (Å²) in [7, 11) is 0. The quantitative estimate of drug-likeness (QED) is 0.0582. The van der Waals surface area contributed by atoms with Crippen molar-refractivity contribution in [2.24, 2.45) is 11.8 Å². The lowest BCUT2D eigenvalue weighted by atomic mass is 9.83. The molecule has 6 N–H and O–H groups in total. The molecule has 5 amide bonds. The van der Waals surface area contributed by atoms with Crippen molar-refractivity contribution in [1.82, 2.24) is 26.6 Å². The van der Waals surface area contributed by atoms with E-state index in [1.54, 1.807) is 91.9 Å². The Kier molecular flexibility index (Phi) is 19.3. The second kappa shape index (κ2) is 24.8. The summed E-state index contributed by atoms with van der Waals surface area (Å²) in [5.74, 6) is -8.27. The molecule has 3 unspecified atom stereocenters. The van der Waals surface area contributed by atoms with Crippen molar-refractivity contribution in [2.75, 3.05) is 6.54 Å².